The molecule has 5 nitrogen and oxygen atoms in total. The van der Waals surface area contributed by atoms with E-state index in [2.05, 4.69) is 0 Å². The molecule has 0 aromatic heterocycles. The van der Waals surface area contributed by atoms with Crippen LogP contribution >= 0.6 is 0 Å². The van der Waals surface area contributed by atoms with Crippen molar-refractivity contribution in [3.05, 3.63) is 0 Å². The van der Waals surface area contributed by atoms with Crippen molar-refractivity contribution in [3.8, 4) is 0 Å². The zero-order valence-electron chi connectivity index (χ0n) is 9.98. The molecular formula is C11H21NO4. The number of β-amino-alcohol motifs (C(OH)–C–C–N with tert-alkyl or cyclic N) is 1. The quantitative estimate of drug-likeness (QED) is 0.713. The molecule has 1 unspecified atom stereocenters. The van der Waals surface area contributed by atoms with E-state index in [4.69, 9.17) is 9.84 Å². The molecule has 1 aliphatic rings. The summed E-state index contributed by atoms with van der Waals surface area (Å²) < 4.78 is 5.13. The molecule has 0 radical (unpaired) electrons. The summed E-state index contributed by atoms with van der Waals surface area (Å²) in [5.74, 6) is -0.929. The summed E-state index contributed by atoms with van der Waals surface area (Å²) in [6.45, 7) is 5.87. The first-order valence-electron chi connectivity index (χ1n) is 5.80. The molecular weight excluding hydrogens is 210 g/mol. The second kappa shape index (κ2) is 5.61. The van der Waals surface area contributed by atoms with Crippen LogP contribution in [-0.4, -0.2) is 59.0 Å². The van der Waals surface area contributed by atoms with E-state index in [1.807, 2.05) is 18.7 Å². The summed E-state index contributed by atoms with van der Waals surface area (Å²) in [6.07, 6.45) is 0.601. The SMILES string of the molecule is CCC(O)(CC)CN1CCOC(C(=O)O)C1. The zero-order valence-corrected chi connectivity index (χ0v) is 9.98. The Labute approximate surface area is 96.0 Å². The lowest BCUT2D eigenvalue weighted by Gasteiger charge is -2.36. The molecule has 2 N–H and O–H groups in total. The van der Waals surface area contributed by atoms with Crippen molar-refractivity contribution in [1.29, 1.82) is 0 Å². The number of carboxylic acids is 1. The lowest BCUT2D eigenvalue weighted by molar-refractivity contribution is -0.157. The van der Waals surface area contributed by atoms with Gasteiger partial charge in [-0.25, -0.2) is 4.79 Å². The molecule has 1 saturated heterocycles. The van der Waals surface area contributed by atoms with E-state index in [0.29, 0.717) is 39.1 Å². The number of aliphatic carboxylic acids is 1. The van der Waals surface area contributed by atoms with Gasteiger partial charge < -0.3 is 14.9 Å². The number of rotatable bonds is 5. The normalized spacial score (nSPS) is 23.3. The summed E-state index contributed by atoms with van der Waals surface area (Å²) in [5.41, 5.74) is -0.708. The Hall–Kier alpha value is -0.650. The molecule has 0 aromatic rings. The minimum Gasteiger partial charge on any atom is -0.479 e. The van der Waals surface area contributed by atoms with Crippen LogP contribution in [0.1, 0.15) is 26.7 Å². The Bertz CT molecular complexity index is 240. The number of hydrogen-bond acceptors (Lipinski definition) is 4. The molecule has 1 heterocycles. The average molecular weight is 231 g/mol. The molecule has 0 spiro atoms. The van der Waals surface area contributed by atoms with Gasteiger partial charge in [-0.3, -0.25) is 4.90 Å². The van der Waals surface area contributed by atoms with E-state index < -0.39 is 17.7 Å². The van der Waals surface area contributed by atoms with Gasteiger partial charge in [0.2, 0.25) is 0 Å². The predicted octanol–water partition coefficient (Wildman–Crippen LogP) is 0.323. The monoisotopic (exact) mass is 231 g/mol. The third kappa shape index (κ3) is 3.43. The first-order chi connectivity index (χ1) is 7.50. The fourth-order valence-electron chi connectivity index (χ4n) is 1.89. The minimum absolute atomic E-state index is 0.359. The molecule has 1 atom stereocenters. The van der Waals surface area contributed by atoms with Crippen molar-refractivity contribution in [2.45, 2.75) is 38.4 Å². The van der Waals surface area contributed by atoms with Crippen molar-refractivity contribution < 1.29 is 19.7 Å². The van der Waals surface area contributed by atoms with Crippen molar-refractivity contribution in [2.75, 3.05) is 26.2 Å². The molecule has 5 heteroatoms. The van der Waals surface area contributed by atoms with Crippen LogP contribution in [0.15, 0.2) is 0 Å². The Morgan fingerprint density at radius 2 is 2.12 bits per heavy atom. The van der Waals surface area contributed by atoms with Crippen molar-refractivity contribution in [2.24, 2.45) is 0 Å². The van der Waals surface area contributed by atoms with Gasteiger partial charge in [0.25, 0.3) is 0 Å². The number of carboxylic acid groups (broad SMARTS) is 1. The highest BCUT2D eigenvalue weighted by Crippen LogP contribution is 2.18. The van der Waals surface area contributed by atoms with Crippen LogP contribution in [-0.2, 0) is 9.53 Å². The highest BCUT2D eigenvalue weighted by Gasteiger charge is 2.31. The minimum atomic E-state index is -0.929. The Balaban J connectivity index is 2.51. The smallest absolute Gasteiger partial charge is 0.334 e. The van der Waals surface area contributed by atoms with Crippen LogP contribution < -0.4 is 0 Å². The van der Waals surface area contributed by atoms with Crippen molar-refractivity contribution in [3.63, 3.8) is 0 Å². The van der Waals surface area contributed by atoms with Gasteiger partial charge >= 0.3 is 5.97 Å². The highest BCUT2D eigenvalue weighted by molar-refractivity contribution is 5.72. The largest absolute Gasteiger partial charge is 0.479 e. The summed E-state index contributed by atoms with van der Waals surface area (Å²) in [6, 6.07) is 0. The second-order valence-corrected chi connectivity index (χ2v) is 4.36. The van der Waals surface area contributed by atoms with Gasteiger partial charge in [0.15, 0.2) is 6.10 Å². The van der Waals surface area contributed by atoms with E-state index in [-0.39, 0.29) is 0 Å². The van der Waals surface area contributed by atoms with Crippen molar-refractivity contribution >= 4 is 5.97 Å². The zero-order chi connectivity index (χ0) is 12.2. The maximum Gasteiger partial charge on any atom is 0.334 e. The van der Waals surface area contributed by atoms with Gasteiger partial charge in [0.05, 0.1) is 12.2 Å². The van der Waals surface area contributed by atoms with Crippen LogP contribution in [0.3, 0.4) is 0 Å². The molecule has 0 aromatic carbocycles. The first-order valence-corrected chi connectivity index (χ1v) is 5.80. The molecule has 0 aliphatic carbocycles. The Morgan fingerprint density at radius 1 is 1.50 bits per heavy atom. The van der Waals surface area contributed by atoms with E-state index in [0.717, 1.165) is 0 Å². The van der Waals surface area contributed by atoms with E-state index in [9.17, 15) is 9.90 Å². The van der Waals surface area contributed by atoms with Crippen LogP contribution in [0.5, 0.6) is 0 Å². The van der Waals surface area contributed by atoms with E-state index in [1.54, 1.807) is 0 Å². The number of nitrogens with zero attached hydrogens (tertiary/aromatic N) is 1. The topological polar surface area (TPSA) is 70.0 Å². The predicted molar refractivity (Wildman–Crippen MR) is 59.3 cm³/mol. The van der Waals surface area contributed by atoms with Crippen molar-refractivity contribution in [1.82, 2.24) is 4.90 Å². The number of carbonyl (C=O) groups is 1. The molecule has 1 rings (SSSR count). The molecule has 1 aliphatic heterocycles. The standard InChI is InChI=1S/C11H21NO4/c1-3-11(15,4-2)8-12-5-6-16-9(7-12)10(13)14/h9,15H,3-8H2,1-2H3,(H,13,14). The molecule has 0 bridgehead atoms. The van der Waals surface area contributed by atoms with Crippen LogP contribution in [0, 0.1) is 0 Å². The van der Waals surface area contributed by atoms with Crippen LogP contribution in [0.4, 0.5) is 0 Å². The maximum atomic E-state index is 10.8. The third-order valence-electron chi connectivity index (χ3n) is 3.26. The Morgan fingerprint density at radius 3 is 2.62 bits per heavy atom. The van der Waals surface area contributed by atoms with E-state index in [1.165, 1.54) is 0 Å². The van der Waals surface area contributed by atoms with Crippen LogP contribution in [0.25, 0.3) is 0 Å². The van der Waals surface area contributed by atoms with Gasteiger partial charge in [-0.2, -0.15) is 0 Å². The maximum absolute atomic E-state index is 10.8. The lowest BCUT2D eigenvalue weighted by Crippen LogP contribution is -2.51. The van der Waals surface area contributed by atoms with Gasteiger partial charge in [-0.1, -0.05) is 13.8 Å². The fourth-order valence-corrected chi connectivity index (χ4v) is 1.89. The summed E-state index contributed by atoms with van der Waals surface area (Å²) in [5, 5.41) is 19.0. The van der Waals surface area contributed by atoms with Gasteiger partial charge in [0, 0.05) is 19.6 Å². The van der Waals surface area contributed by atoms with Gasteiger partial charge in [-0.15, -0.1) is 0 Å². The third-order valence-corrected chi connectivity index (χ3v) is 3.26. The Kier molecular flexibility index (Phi) is 4.70. The summed E-state index contributed by atoms with van der Waals surface area (Å²) in [7, 11) is 0. The number of hydrogen-bond donors (Lipinski definition) is 2. The summed E-state index contributed by atoms with van der Waals surface area (Å²) >= 11 is 0. The molecule has 16 heavy (non-hydrogen) atoms. The van der Waals surface area contributed by atoms with Gasteiger partial charge in [-0.05, 0) is 12.8 Å². The van der Waals surface area contributed by atoms with Gasteiger partial charge in [0.1, 0.15) is 0 Å². The molecule has 0 amide bonds. The molecule has 0 saturated carbocycles. The number of aliphatic hydroxyl groups is 1. The molecule has 1 fully saturated rings. The fraction of sp³-hybridized carbons (Fsp3) is 0.909. The number of morpholine rings is 1. The highest BCUT2D eigenvalue weighted by atomic mass is 16.5. The first kappa shape index (κ1) is 13.4. The summed E-state index contributed by atoms with van der Waals surface area (Å²) in [4.78, 5) is 12.8. The van der Waals surface area contributed by atoms with E-state index >= 15 is 0 Å². The second-order valence-electron chi connectivity index (χ2n) is 4.36. The van der Waals surface area contributed by atoms with Crippen LogP contribution in [0.2, 0.25) is 0 Å². The number of ether oxygens (including phenoxy) is 1. The average Bonchev–Trinajstić information content (AvgIpc) is 2.29. The lowest BCUT2D eigenvalue weighted by atomic mass is 9.96. The molecule has 94 valence electrons.